The van der Waals surface area contributed by atoms with Crippen LogP contribution in [-0.2, 0) is 6.42 Å². The van der Waals surface area contributed by atoms with E-state index in [0.29, 0.717) is 23.9 Å². The van der Waals surface area contributed by atoms with Crippen LogP contribution in [0.3, 0.4) is 0 Å². The number of carbonyl (C=O) groups excluding carboxylic acids is 1. The quantitative estimate of drug-likeness (QED) is 0.728. The molecule has 1 aromatic carbocycles. The third-order valence-electron chi connectivity index (χ3n) is 4.08. The van der Waals surface area contributed by atoms with Gasteiger partial charge in [-0.15, -0.1) is 5.10 Å². The number of rotatable bonds is 6. The molecule has 0 aliphatic rings. The first-order valence-electron chi connectivity index (χ1n) is 8.70. The van der Waals surface area contributed by atoms with Crippen molar-refractivity contribution in [1.29, 1.82) is 0 Å². The number of hydrogen-bond acceptors (Lipinski definition) is 5. The molecule has 136 valence electrons. The summed E-state index contributed by atoms with van der Waals surface area (Å²) in [5.74, 6) is 0.621. The van der Waals surface area contributed by atoms with Gasteiger partial charge in [0.15, 0.2) is 0 Å². The SMILES string of the molecule is CC(C)c1ccc(Cc2nnc(NC(=O)c3ccnn3C(C)C)o2)cc1. The number of carbonyl (C=O) groups is 1. The average Bonchev–Trinajstić information content (AvgIpc) is 3.25. The molecule has 0 unspecified atom stereocenters. The first kappa shape index (κ1) is 17.8. The van der Waals surface area contributed by atoms with Crippen molar-refractivity contribution in [3.8, 4) is 0 Å². The minimum atomic E-state index is -0.326. The van der Waals surface area contributed by atoms with Crippen molar-refractivity contribution in [2.24, 2.45) is 0 Å². The fourth-order valence-electron chi connectivity index (χ4n) is 2.64. The highest BCUT2D eigenvalue weighted by Crippen LogP contribution is 2.17. The molecule has 7 heteroatoms. The van der Waals surface area contributed by atoms with E-state index in [4.69, 9.17) is 4.42 Å². The Hall–Kier alpha value is -2.96. The number of aromatic nitrogens is 4. The van der Waals surface area contributed by atoms with Crippen LogP contribution in [0.4, 0.5) is 6.01 Å². The molecule has 26 heavy (non-hydrogen) atoms. The van der Waals surface area contributed by atoms with Crippen LogP contribution in [0.25, 0.3) is 0 Å². The molecule has 0 fully saturated rings. The van der Waals surface area contributed by atoms with E-state index in [1.807, 2.05) is 13.8 Å². The molecule has 0 aliphatic heterocycles. The van der Waals surface area contributed by atoms with Gasteiger partial charge in [-0.05, 0) is 37.0 Å². The van der Waals surface area contributed by atoms with E-state index in [-0.39, 0.29) is 18.0 Å². The van der Waals surface area contributed by atoms with Gasteiger partial charge in [-0.2, -0.15) is 5.10 Å². The maximum absolute atomic E-state index is 12.4. The topological polar surface area (TPSA) is 85.8 Å². The second-order valence-corrected chi connectivity index (χ2v) is 6.78. The molecule has 0 atom stereocenters. The molecule has 1 amide bonds. The standard InChI is InChI=1S/C19H23N5O2/c1-12(2)15-7-5-14(6-8-15)11-17-22-23-19(26-17)21-18(25)16-9-10-20-24(16)13(3)4/h5-10,12-13H,11H2,1-4H3,(H,21,23,25). The summed E-state index contributed by atoms with van der Waals surface area (Å²) in [6.07, 6.45) is 2.11. The lowest BCUT2D eigenvalue weighted by atomic mass is 10.0. The van der Waals surface area contributed by atoms with Crippen molar-refractivity contribution >= 4 is 11.9 Å². The molecular weight excluding hydrogens is 330 g/mol. The van der Waals surface area contributed by atoms with Crippen LogP contribution in [0, 0.1) is 0 Å². The second kappa shape index (κ2) is 7.51. The lowest BCUT2D eigenvalue weighted by molar-refractivity contribution is 0.101. The van der Waals surface area contributed by atoms with E-state index in [0.717, 1.165) is 5.56 Å². The monoisotopic (exact) mass is 353 g/mol. The van der Waals surface area contributed by atoms with Gasteiger partial charge in [-0.3, -0.25) is 14.8 Å². The van der Waals surface area contributed by atoms with E-state index in [2.05, 4.69) is 58.7 Å². The smallest absolute Gasteiger partial charge is 0.322 e. The normalized spacial score (nSPS) is 11.3. The van der Waals surface area contributed by atoms with Gasteiger partial charge in [0.1, 0.15) is 5.69 Å². The number of benzene rings is 1. The van der Waals surface area contributed by atoms with Crippen LogP contribution in [0.15, 0.2) is 40.9 Å². The van der Waals surface area contributed by atoms with E-state index in [1.54, 1.807) is 16.9 Å². The summed E-state index contributed by atoms with van der Waals surface area (Å²) in [5.41, 5.74) is 2.81. The molecule has 0 spiro atoms. The highest BCUT2D eigenvalue weighted by atomic mass is 16.4. The van der Waals surface area contributed by atoms with Crippen molar-refractivity contribution in [1.82, 2.24) is 20.0 Å². The Morgan fingerprint density at radius 1 is 1.12 bits per heavy atom. The third kappa shape index (κ3) is 3.99. The van der Waals surface area contributed by atoms with Gasteiger partial charge in [0.25, 0.3) is 5.91 Å². The minimum Gasteiger partial charge on any atom is -0.407 e. The highest BCUT2D eigenvalue weighted by molar-refractivity contribution is 6.01. The molecule has 0 saturated heterocycles. The molecule has 0 saturated carbocycles. The predicted octanol–water partition coefficient (Wildman–Crippen LogP) is 3.81. The van der Waals surface area contributed by atoms with Gasteiger partial charge >= 0.3 is 6.01 Å². The van der Waals surface area contributed by atoms with E-state index in [1.165, 1.54) is 5.56 Å². The molecule has 0 bridgehead atoms. The van der Waals surface area contributed by atoms with Gasteiger partial charge in [-0.1, -0.05) is 43.2 Å². The maximum Gasteiger partial charge on any atom is 0.322 e. The molecule has 2 aromatic heterocycles. The lowest BCUT2D eigenvalue weighted by Gasteiger charge is -2.09. The van der Waals surface area contributed by atoms with Crippen LogP contribution in [0.1, 0.15) is 67.2 Å². The summed E-state index contributed by atoms with van der Waals surface area (Å²) in [6, 6.07) is 10.1. The van der Waals surface area contributed by atoms with Crippen molar-refractivity contribution in [2.75, 3.05) is 5.32 Å². The first-order valence-corrected chi connectivity index (χ1v) is 8.70. The van der Waals surface area contributed by atoms with Gasteiger partial charge in [-0.25, -0.2) is 0 Å². The first-order chi connectivity index (χ1) is 12.4. The Balaban J connectivity index is 1.66. The zero-order chi connectivity index (χ0) is 18.7. The van der Waals surface area contributed by atoms with Crippen molar-refractivity contribution in [3.63, 3.8) is 0 Å². The van der Waals surface area contributed by atoms with E-state index in [9.17, 15) is 4.79 Å². The molecule has 0 aliphatic carbocycles. The number of amides is 1. The van der Waals surface area contributed by atoms with Crippen molar-refractivity contribution in [3.05, 3.63) is 59.2 Å². The fourth-order valence-corrected chi connectivity index (χ4v) is 2.64. The number of anilines is 1. The zero-order valence-corrected chi connectivity index (χ0v) is 15.4. The molecule has 7 nitrogen and oxygen atoms in total. The summed E-state index contributed by atoms with van der Waals surface area (Å²) in [7, 11) is 0. The van der Waals surface area contributed by atoms with Crippen LogP contribution in [-0.4, -0.2) is 25.9 Å². The fraction of sp³-hybridized carbons (Fsp3) is 0.368. The number of nitrogens with zero attached hydrogens (tertiary/aromatic N) is 4. The van der Waals surface area contributed by atoms with Crippen LogP contribution >= 0.6 is 0 Å². The van der Waals surface area contributed by atoms with Gasteiger partial charge < -0.3 is 4.42 Å². The highest BCUT2D eigenvalue weighted by Gasteiger charge is 2.17. The lowest BCUT2D eigenvalue weighted by Crippen LogP contribution is -2.19. The Morgan fingerprint density at radius 2 is 1.85 bits per heavy atom. The Kier molecular flexibility index (Phi) is 5.16. The Bertz CT molecular complexity index is 877. The summed E-state index contributed by atoms with van der Waals surface area (Å²) < 4.78 is 7.19. The molecular formula is C19H23N5O2. The predicted molar refractivity (Wildman–Crippen MR) is 98.2 cm³/mol. The van der Waals surface area contributed by atoms with Crippen LogP contribution in [0.2, 0.25) is 0 Å². The Labute approximate surface area is 152 Å². The molecule has 3 aromatic rings. The van der Waals surface area contributed by atoms with Gasteiger partial charge in [0, 0.05) is 12.2 Å². The van der Waals surface area contributed by atoms with Crippen LogP contribution in [0.5, 0.6) is 0 Å². The molecule has 2 heterocycles. The second-order valence-electron chi connectivity index (χ2n) is 6.78. The van der Waals surface area contributed by atoms with Crippen molar-refractivity contribution < 1.29 is 9.21 Å². The average molecular weight is 353 g/mol. The summed E-state index contributed by atoms with van der Waals surface area (Å²) in [6.45, 7) is 8.23. The molecule has 1 N–H and O–H groups in total. The van der Waals surface area contributed by atoms with E-state index < -0.39 is 0 Å². The molecule has 3 rings (SSSR count). The third-order valence-corrected chi connectivity index (χ3v) is 4.08. The van der Waals surface area contributed by atoms with Crippen molar-refractivity contribution in [2.45, 2.75) is 46.1 Å². The largest absolute Gasteiger partial charge is 0.407 e. The Morgan fingerprint density at radius 3 is 2.50 bits per heavy atom. The van der Waals surface area contributed by atoms with Gasteiger partial charge in [0.05, 0.1) is 6.42 Å². The zero-order valence-electron chi connectivity index (χ0n) is 15.4. The maximum atomic E-state index is 12.4. The minimum absolute atomic E-state index is 0.0813. The van der Waals surface area contributed by atoms with E-state index >= 15 is 0 Å². The summed E-state index contributed by atoms with van der Waals surface area (Å²) in [5, 5.41) is 14.7. The van der Waals surface area contributed by atoms with Gasteiger partial charge in [0.2, 0.25) is 5.89 Å². The number of hydrogen-bond donors (Lipinski definition) is 1. The van der Waals surface area contributed by atoms with Crippen LogP contribution < -0.4 is 5.32 Å². The number of nitrogens with one attached hydrogen (secondary N) is 1. The summed E-state index contributed by atoms with van der Waals surface area (Å²) >= 11 is 0. The summed E-state index contributed by atoms with van der Waals surface area (Å²) in [4.78, 5) is 12.4. The molecule has 0 radical (unpaired) electrons.